The molecule has 1 saturated heterocycles. The Kier molecular flexibility index (Phi) is 2.70. The van der Waals surface area contributed by atoms with Crippen LogP contribution in [0.1, 0.15) is 6.42 Å². The second kappa shape index (κ2) is 4.24. The number of benzene rings is 1. The summed E-state index contributed by atoms with van der Waals surface area (Å²) in [4.78, 5) is 6.58. The molecule has 1 aromatic heterocycles. The summed E-state index contributed by atoms with van der Waals surface area (Å²) < 4.78 is 15.2. The molecule has 0 saturated carbocycles. The van der Waals surface area contributed by atoms with E-state index in [1.54, 1.807) is 6.07 Å². The molecule has 18 heavy (non-hydrogen) atoms. The second-order valence-corrected chi connectivity index (χ2v) is 5.13. The van der Waals surface area contributed by atoms with Crippen molar-refractivity contribution >= 4 is 17.0 Å². The number of nitrogens with zero attached hydrogens (tertiary/aromatic N) is 3. The van der Waals surface area contributed by atoms with Gasteiger partial charge in [0, 0.05) is 13.1 Å². The van der Waals surface area contributed by atoms with E-state index in [2.05, 4.69) is 16.9 Å². The lowest BCUT2D eigenvalue weighted by Gasteiger charge is -2.13. The third-order valence-electron chi connectivity index (χ3n) is 3.67. The molecule has 2 N–H and O–H groups in total. The first-order valence-corrected chi connectivity index (χ1v) is 6.23. The van der Waals surface area contributed by atoms with Gasteiger partial charge >= 0.3 is 0 Å². The molecule has 1 aliphatic heterocycles. The number of rotatable bonds is 2. The van der Waals surface area contributed by atoms with Gasteiger partial charge in [-0.3, -0.25) is 0 Å². The van der Waals surface area contributed by atoms with Crippen molar-refractivity contribution in [3.8, 4) is 0 Å². The van der Waals surface area contributed by atoms with Crippen LogP contribution in [0.4, 0.5) is 10.3 Å². The number of aromatic nitrogens is 2. The minimum absolute atomic E-state index is 0.243. The summed E-state index contributed by atoms with van der Waals surface area (Å²) in [6.07, 6.45) is 1.16. The van der Waals surface area contributed by atoms with Crippen LogP contribution >= 0.6 is 0 Å². The lowest BCUT2D eigenvalue weighted by Crippen LogP contribution is -2.17. The average Bonchev–Trinajstić information content (AvgIpc) is 2.86. The Morgan fingerprint density at radius 2 is 2.33 bits per heavy atom. The number of likely N-dealkylation sites (tertiary alicyclic amines) is 1. The molecule has 0 spiro atoms. The minimum Gasteiger partial charge on any atom is -0.369 e. The van der Waals surface area contributed by atoms with E-state index in [1.807, 2.05) is 4.57 Å². The summed E-state index contributed by atoms with van der Waals surface area (Å²) in [6.45, 7) is 3.00. The molecule has 1 aromatic carbocycles. The van der Waals surface area contributed by atoms with Crippen molar-refractivity contribution in [3.63, 3.8) is 0 Å². The summed E-state index contributed by atoms with van der Waals surface area (Å²) in [5.74, 6) is 0.801. The molecular weight excluding hydrogens is 231 g/mol. The van der Waals surface area contributed by atoms with E-state index in [-0.39, 0.29) is 5.82 Å². The van der Waals surface area contributed by atoms with Gasteiger partial charge in [-0.1, -0.05) is 0 Å². The normalized spacial score (nSPS) is 20.9. The second-order valence-electron chi connectivity index (χ2n) is 5.13. The number of imidazole rings is 1. The number of fused-ring (bicyclic) bond motifs is 1. The molecule has 96 valence electrons. The molecule has 2 heterocycles. The van der Waals surface area contributed by atoms with Crippen LogP contribution in [0.2, 0.25) is 0 Å². The molecular formula is C13H17FN4. The van der Waals surface area contributed by atoms with Crippen LogP contribution in [0.25, 0.3) is 11.0 Å². The minimum atomic E-state index is -0.243. The van der Waals surface area contributed by atoms with Crippen molar-refractivity contribution in [1.29, 1.82) is 0 Å². The predicted octanol–water partition coefficient (Wildman–Crippen LogP) is 1.71. The van der Waals surface area contributed by atoms with E-state index >= 15 is 0 Å². The fourth-order valence-electron chi connectivity index (χ4n) is 2.74. The van der Waals surface area contributed by atoms with E-state index in [0.29, 0.717) is 11.9 Å². The maximum Gasteiger partial charge on any atom is 0.201 e. The maximum atomic E-state index is 13.3. The highest BCUT2D eigenvalue weighted by Crippen LogP contribution is 2.23. The van der Waals surface area contributed by atoms with Crippen LogP contribution in [0, 0.1) is 11.7 Å². The molecule has 0 amide bonds. The van der Waals surface area contributed by atoms with Crippen LogP contribution < -0.4 is 5.73 Å². The number of halogens is 1. The summed E-state index contributed by atoms with van der Waals surface area (Å²) in [5, 5.41) is 0. The number of hydrogen-bond donors (Lipinski definition) is 1. The summed E-state index contributed by atoms with van der Waals surface area (Å²) >= 11 is 0. The predicted molar refractivity (Wildman–Crippen MR) is 69.7 cm³/mol. The zero-order valence-corrected chi connectivity index (χ0v) is 10.4. The van der Waals surface area contributed by atoms with Gasteiger partial charge in [-0.25, -0.2) is 9.37 Å². The van der Waals surface area contributed by atoms with Crippen molar-refractivity contribution in [1.82, 2.24) is 14.5 Å². The van der Waals surface area contributed by atoms with Gasteiger partial charge in [-0.2, -0.15) is 0 Å². The Balaban J connectivity index is 1.95. The number of hydrogen-bond acceptors (Lipinski definition) is 3. The monoisotopic (exact) mass is 248 g/mol. The summed E-state index contributed by atoms with van der Waals surface area (Å²) in [5.41, 5.74) is 7.49. The maximum absolute atomic E-state index is 13.3. The Morgan fingerprint density at radius 3 is 3.06 bits per heavy atom. The molecule has 4 nitrogen and oxygen atoms in total. The first-order valence-electron chi connectivity index (χ1n) is 6.23. The van der Waals surface area contributed by atoms with Crippen molar-refractivity contribution < 1.29 is 4.39 Å². The molecule has 3 rings (SSSR count). The number of nitrogens with two attached hydrogens (primary N) is 1. The SMILES string of the molecule is CN1CCC(Cn2c(N)nc3ccc(F)cc32)C1. The Bertz CT molecular complexity index is 578. The van der Waals surface area contributed by atoms with Crippen LogP contribution in [0.15, 0.2) is 18.2 Å². The number of nitrogen functional groups attached to an aromatic ring is 1. The van der Waals surface area contributed by atoms with E-state index in [9.17, 15) is 4.39 Å². The molecule has 0 radical (unpaired) electrons. The van der Waals surface area contributed by atoms with Gasteiger partial charge in [-0.15, -0.1) is 0 Å². The van der Waals surface area contributed by atoms with Crippen LogP contribution in [-0.4, -0.2) is 34.6 Å². The first-order chi connectivity index (χ1) is 8.63. The summed E-state index contributed by atoms with van der Waals surface area (Å²) in [6, 6.07) is 4.61. The van der Waals surface area contributed by atoms with Gasteiger partial charge in [0.05, 0.1) is 11.0 Å². The Hall–Kier alpha value is -1.62. The van der Waals surface area contributed by atoms with Crippen molar-refractivity contribution in [2.75, 3.05) is 25.9 Å². The standard InChI is InChI=1S/C13H17FN4/c1-17-5-4-9(7-17)8-18-12-6-10(14)2-3-11(12)16-13(18)15/h2-3,6,9H,4-5,7-8H2,1H3,(H2,15,16). The van der Waals surface area contributed by atoms with Gasteiger partial charge in [0.2, 0.25) is 5.95 Å². The molecule has 1 unspecified atom stereocenters. The fourth-order valence-corrected chi connectivity index (χ4v) is 2.74. The highest BCUT2D eigenvalue weighted by Gasteiger charge is 2.21. The smallest absolute Gasteiger partial charge is 0.201 e. The Morgan fingerprint density at radius 1 is 1.50 bits per heavy atom. The molecule has 1 atom stereocenters. The van der Waals surface area contributed by atoms with Gasteiger partial charge in [0.1, 0.15) is 5.82 Å². The fraction of sp³-hybridized carbons (Fsp3) is 0.462. The average molecular weight is 248 g/mol. The van der Waals surface area contributed by atoms with Gasteiger partial charge in [0.25, 0.3) is 0 Å². The van der Waals surface area contributed by atoms with E-state index in [1.165, 1.54) is 12.1 Å². The topological polar surface area (TPSA) is 47.1 Å². The van der Waals surface area contributed by atoms with Gasteiger partial charge < -0.3 is 15.2 Å². The van der Waals surface area contributed by atoms with E-state index in [0.717, 1.165) is 37.1 Å². The molecule has 1 aliphatic rings. The van der Waals surface area contributed by atoms with Crippen LogP contribution in [0.5, 0.6) is 0 Å². The molecule has 0 aliphatic carbocycles. The largest absolute Gasteiger partial charge is 0.369 e. The zero-order chi connectivity index (χ0) is 12.7. The zero-order valence-electron chi connectivity index (χ0n) is 10.4. The van der Waals surface area contributed by atoms with Crippen LogP contribution in [-0.2, 0) is 6.54 Å². The van der Waals surface area contributed by atoms with E-state index < -0.39 is 0 Å². The first kappa shape index (κ1) is 11.5. The molecule has 2 aromatic rings. The third kappa shape index (κ3) is 1.95. The van der Waals surface area contributed by atoms with Crippen LogP contribution in [0.3, 0.4) is 0 Å². The lowest BCUT2D eigenvalue weighted by molar-refractivity contribution is 0.380. The highest BCUT2D eigenvalue weighted by atomic mass is 19.1. The van der Waals surface area contributed by atoms with Gasteiger partial charge in [0.15, 0.2) is 0 Å². The molecule has 0 bridgehead atoms. The summed E-state index contributed by atoms with van der Waals surface area (Å²) in [7, 11) is 2.12. The van der Waals surface area contributed by atoms with Crippen molar-refractivity contribution in [3.05, 3.63) is 24.0 Å². The molecule has 5 heteroatoms. The van der Waals surface area contributed by atoms with E-state index in [4.69, 9.17) is 5.73 Å². The van der Waals surface area contributed by atoms with Crippen molar-refractivity contribution in [2.45, 2.75) is 13.0 Å². The van der Waals surface area contributed by atoms with Crippen molar-refractivity contribution in [2.24, 2.45) is 5.92 Å². The third-order valence-corrected chi connectivity index (χ3v) is 3.67. The lowest BCUT2D eigenvalue weighted by atomic mass is 10.1. The Labute approximate surface area is 105 Å². The number of anilines is 1. The molecule has 1 fully saturated rings. The highest BCUT2D eigenvalue weighted by molar-refractivity contribution is 5.78. The quantitative estimate of drug-likeness (QED) is 0.880. The van der Waals surface area contributed by atoms with Gasteiger partial charge in [-0.05, 0) is 44.1 Å².